The molecule has 0 heterocycles. The minimum atomic E-state index is -0.833. The van der Waals surface area contributed by atoms with Gasteiger partial charge in [0.05, 0.1) is 0 Å². The summed E-state index contributed by atoms with van der Waals surface area (Å²) >= 11 is 0. The molecule has 0 aromatic carbocycles. The lowest BCUT2D eigenvalue weighted by Crippen LogP contribution is -2.40. The molecule has 12 heavy (non-hydrogen) atoms. The molecule has 0 aliphatic carbocycles. The van der Waals surface area contributed by atoms with Gasteiger partial charge in [0, 0.05) is 28.1 Å². The molecule has 6 nitrogen and oxygen atoms in total. The molecular weight excluding hydrogens is 162 g/mol. The highest BCUT2D eigenvalue weighted by molar-refractivity contribution is 5.72. The van der Waals surface area contributed by atoms with Crippen LogP contribution in [0, 0.1) is 0 Å². The first-order valence-corrected chi connectivity index (χ1v) is 3.18. The SMILES string of the molecule is CC(=O)O.CN(C)C(=O)N(C)N. The number of hydrogen-bond acceptors (Lipinski definition) is 3. The monoisotopic (exact) mass is 177 g/mol. The number of carbonyl (C=O) groups excluding carboxylic acids is 1. The van der Waals surface area contributed by atoms with Gasteiger partial charge in [-0.2, -0.15) is 0 Å². The lowest BCUT2D eigenvalue weighted by molar-refractivity contribution is -0.134. The quantitative estimate of drug-likeness (QED) is 0.298. The number of amides is 2. The second-order valence-corrected chi connectivity index (χ2v) is 2.31. The number of carboxylic acids is 1. The zero-order valence-electron chi connectivity index (χ0n) is 7.74. The summed E-state index contributed by atoms with van der Waals surface area (Å²) in [6, 6.07) is -0.204. The van der Waals surface area contributed by atoms with Crippen molar-refractivity contribution in [1.82, 2.24) is 9.91 Å². The normalized spacial score (nSPS) is 7.75. The Balaban J connectivity index is 0. The summed E-state index contributed by atoms with van der Waals surface area (Å²) < 4.78 is 0. The van der Waals surface area contributed by atoms with Crippen LogP contribution >= 0.6 is 0 Å². The Morgan fingerprint density at radius 1 is 1.25 bits per heavy atom. The number of carbonyl (C=O) groups is 2. The average Bonchev–Trinajstić information content (AvgIpc) is 1.84. The van der Waals surface area contributed by atoms with Gasteiger partial charge in [-0.3, -0.25) is 9.80 Å². The van der Waals surface area contributed by atoms with Crippen molar-refractivity contribution in [2.45, 2.75) is 6.92 Å². The van der Waals surface area contributed by atoms with E-state index in [9.17, 15) is 4.79 Å². The van der Waals surface area contributed by atoms with Crippen LogP contribution in [0.4, 0.5) is 4.79 Å². The van der Waals surface area contributed by atoms with Crippen molar-refractivity contribution in [1.29, 1.82) is 0 Å². The molecular formula is C6H15N3O3. The van der Waals surface area contributed by atoms with Crippen molar-refractivity contribution in [3.05, 3.63) is 0 Å². The summed E-state index contributed by atoms with van der Waals surface area (Å²) in [6.07, 6.45) is 0. The summed E-state index contributed by atoms with van der Waals surface area (Å²) in [6.45, 7) is 1.08. The summed E-state index contributed by atoms with van der Waals surface area (Å²) in [5.41, 5.74) is 0. The third-order valence-electron chi connectivity index (χ3n) is 0.684. The minimum absolute atomic E-state index is 0.204. The molecule has 0 aromatic rings. The van der Waals surface area contributed by atoms with E-state index in [1.807, 2.05) is 0 Å². The Kier molecular flexibility index (Phi) is 7.11. The maximum atomic E-state index is 10.6. The summed E-state index contributed by atoms with van der Waals surface area (Å²) in [5, 5.41) is 8.44. The molecule has 6 heteroatoms. The summed E-state index contributed by atoms with van der Waals surface area (Å²) in [5.74, 6) is 4.25. The van der Waals surface area contributed by atoms with Gasteiger partial charge >= 0.3 is 6.03 Å². The average molecular weight is 177 g/mol. The lowest BCUT2D eigenvalue weighted by atomic mass is 10.8. The van der Waals surface area contributed by atoms with E-state index in [4.69, 9.17) is 15.7 Å². The Morgan fingerprint density at radius 3 is 1.50 bits per heavy atom. The number of carboxylic acid groups (broad SMARTS) is 1. The number of hydrogen-bond donors (Lipinski definition) is 2. The molecule has 0 aliphatic rings. The van der Waals surface area contributed by atoms with Gasteiger partial charge in [-0.15, -0.1) is 0 Å². The molecule has 0 atom stereocenters. The predicted octanol–water partition coefficient (Wildman–Crippen LogP) is -0.436. The molecule has 0 radical (unpaired) electrons. The van der Waals surface area contributed by atoms with Gasteiger partial charge in [-0.1, -0.05) is 0 Å². The van der Waals surface area contributed by atoms with Crippen LogP contribution in [-0.4, -0.2) is 48.2 Å². The van der Waals surface area contributed by atoms with E-state index < -0.39 is 5.97 Å². The zero-order valence-corrected chi connectivity index (χ0v) is 7.74. The molecule has 0 aromatic heterocycles. The first-order valence-electron chi connectivity index (χ1n) is 3.18. The van der Waals surface area contributed by atoms with Gasteiger partial charge < -0.3 is 10.0 Å². The predicted molar refractivity (Wildman–Crippen MR) is 44.3 cm³/mol. The fourth-order valence-electron chi connectivity index (χ4n) is 0.315. The van der Waals surface area contributed by atoms with Gasteiger partial charge in [-0.25, -0.2) is 10.6 Å². The van der Waals surface area contributed by atoms with Crippen molar-refractivity contribution >= 4 is 12.0 Å². The number of urea groups is 1. The number of nitrogens with two attached hydrogens (primary N) is 1. The van der Waals surface area contributed by atoms with Crippen molar-refractivity contribution in [2.75, 3.05) is 21.1 Å². The lowest BCUT2D eigenvalue weighted by Gasteiger charge is -2.15. The highest BCUT2D eigenvalue weighted by Crippen LogP contribution is 1.80. The van der Waals surface area contributed by atoms with Crippen molar-refractivity contribution in [2.24, 2.45) is 5.84 Å². The molecule has 0 fully saturated rings. The third kappa shape index (κ3) is 11.5. The van der Waals surface area contributed by atoms with E-state index in [0.29, 0.717) is 0 Å². The van der Waals surface area contributed by atoms with E-state index in [1.165, 1.54) is 11.9 Å². The Morgan fingerprint density at radius 2 is 1.50 bits per heavy atom. The third-order valence-corrected chi connectivity index (χ3v) is 0.684. The van der Waals surface area contributed by atoms with Gasteiger partial charge in [0.2, 0.25) is 0 Å². The maximum Gasteiger partial charge on any atom is 0.333 e. The Hall–Kier alpha value is -1.30. The fourth-order valence-corrected chi connectivity index (χ4v) is 0.315. The molecule has 0 unspecified atom stereocenters. The molecule has 72 valence electrons. The highest BCUT2D eigenvalue weighted by atomic mass is 16.4. The smallest absolute Gasteiger partial charge is 0.333 e. The van der Waals surface area contributed by atoms with Crippen molar-refractivity contribution in [3.8, 4) is 0 Å². The van der Waals surface area contributed by atoms with E-state index >= 15 is 0 Å². The van der Waals surface area contributed by atoms with Gasteiger partial charge in [0.15, 0.2) is 0 Å². The van der Waals surface area contributed by atoms with Gasteiger partial charge in [-0.05, 0) is 0 Å². The largest absolute Gasteiger partial charge is 0.481 e. The van der Waals surface area contributed by atoms with Crippen LogP contribution in [0.3, 0.4) is 0 Å². The zero-order chi connectivity index (χ0) is 10.3. The Labute approximate surface area is 71.5 Å². The topological polar surface area (TPSA) is 86.9 Å². The summed E-state index contributed by atoms with van der Waals surface area (Å²) in [4.78, 5) is 21.0. The van der Waals surface area contributed by atoms with Crippen LogP contribution in [0.1, 0.15) is 6.92 Å². The Bertz CT molecular complexity index is 142. The first kappa shape index (κ1) is 13.3. The number of nitrogens with zero attached hydrogens (tertiary/aromatic N) is 2. The van der Waals surface area contributed by atoms with Crippen LogP contribution in [0.15, 0.2) is 0 Å². The molecule has 0 spiro atoms. The number of rotatable bonds is 0. The van der Waals surface area contributed by atoms with Crippen LogP contribution < -0.4 is 5.84 Å². The van der Waals surface area contributed by atoms with Crippen molar-refractivity contribution in [3.63, 3.8) is 0 Å². The standard InChI is InChI=1S/C4H11N3O.C2H4O2/c1-6(2)4(8)7(3)5;1-2(3)4/h5H2,1-3H3;1H3,(H,3,4). The van der Waals surface area contributed by atoms with Crippen LogP contribution in [0.25, 0.3) is 0 Å². The maximum absolute atomic E-state index is 10.6. The molecule has 0 saturated heterocycles. The van der Waals surface area contributed by atoms with Crippen LogP contribution in [-0.2, 0) is 4.79 Å². The second kappa shape index (κ2) is 6.41. The number of hydrazine groups is 1. The first-order chi connectivity index (χ1) is 5.29. The molecule has 3 N–H and O–H groups in total. The van der Waals surface area contributed by atoms with Crippen LogP contribution in [0.2, 0.25) is 0 Å². The minimum Gasteiger partial charge on any atom is -0.481 e. The van der Waals surface area contributed by atoms with E-state index in [2.05, 4.69) is 0 Å². The molecule has 0 bridgehead atoms. The fraction of sp³-hybridized carbons (Fsp3) is 0.667. The molecule has 2 amide bonds. The van der Waals surface area contributed by atoms with Gasteiger partial charge in [0.25, 0.3) is 5.97 Å². The molecule has 0 rings (SSSR count). The molecule has 0 saturated carbocycles. The highest BCUT2D eigenvalue weighted by Gasteiger charge is 2.03. The van der Waals surface area contributed by atoms with Crippen LogP contribution in [0.5, 0.6) is 0 Å². The van der Waals surface area contributed by atoms with Gasteiger partial charge in [0.1, 0.15) is 0 Å². The van der Waals surface area contributed by atoms with E-state index in [-0.39, 0.29) is 6.03 Å². The molecule has 0 aliphatic heterocycles. The number of aliphatic carboxylic acids is 1. The summed E-state index contributed by atoms with van der Waals surface area (Å²) in [7, 11) is 4.79. The van der Waals surface area contributed by atoms with E-state index in [0.717, 1.165) is 11.9 Å². The van der Waals surface area contributed by atoms with Crippen molar-refractivity contribution < 1.29 is 14.7 Å². The second-order valence-electron chi connectivity index (χ2n) is 2.31. The van der Waals surface area contributed by atoms with E-state index in [1.54, 1.807) is 14.1 Å².